The van der Waals surface area contributed by atoms with E-state index in [1.165, 1.54) is 67.6 Å². The Morgan fingerprint density at radius 2 is 1.67 bits per heavy atom. The number of halogens is 1. The largest absolute Gasteiger partial charge is 0.493 e. The van der Waals surface area contributed by atoms with Crippen molar-refractivity contribution in [1.29, 1.82) is 0 Å². The second-order valence-electron chi connectivity index (χ2n) is 9.24. The van der Waals surface area contributed by atoms with E-state index in [2.05, 4.69) is 20.6 Å². The van der Waals surface area contributed by atoms with Crippen molar-refractivity contribution >= 4 is 28.5 Å². The number of nitrogens with one attached hydrogen (secondary N) is 2. The van der Waals surface area contributed by atoms with Crippen molar-refractivity contribution in [2.45, 2.75) is 6.54 Å². The molecular formula is C31H26FN5O6. The smallest absolute Gasteiger partial charge is 0.262 e. The third-order valence-corrected chi connectivity index (χ3v) is 6.50. The van der Waals surface area contributed by atoms with E-state index >= 15 is 0 Å². The molecule has 2 amide bonds. The number of ether oxygens (including phenoxy) is 3. The molecule has 5 aromatic rings. The van der Waals surface area contributed by atoms with Crippen LogP contribution in [0.3, 0.4) is 0 Å². The highest BCUT2D eigenvalue weighted by molar-refractivity contribution is 6.04. The molecule has 11 nitrogen and oxygen atoms in total. The number of benzene rings is 2. The number of aromatic nitrogens is 3. The molecule has 0 aliphatic rings. The molecule has 0 atom stereocenters. The Bertz CT molecular complexity index is 1870. The van der Waals surface area contributed by atoms with E-state index < -0.39 is 17.2 Å². The van der Waals surface area contributed by atoms with Gasteiger partial charge in [0.15, 0.2) is 11.5 Å². The molecule has 3 aromatic heterocycles. The van der Waals surface area contributed by atoms with Gasteiger partial charge in [-0.05, 0) is 42.0 Å². The van der Waals surface area contributed by atoms with Gasteiger partial charge >= 0.3 is 0 Å². The van der Waals surface area contributed by atoms with Crippen LogP contribution in [0.25, 0.3) is 22.0 Å². The minimum atomic E-state index is -0.734. The van der Waals surface area contributed by atoms with Crippen molar-refractivity contribution in [3.05, 3.63) is 101 Å². The molecule has 0 fully saturated rings. The van der Waals surface area contributed by atoms with Crippen LogP contribution in [0.15, 0.2) is 84.2 Å². The lowest BCUT2D eigenvalue weighted by Crippen LogP contribution is -2.28. The monoisotopic (exact) mass is 583 g/mol. The number of anilines is 1. The minimum absolute atomic E-state index is 0.132. The maximum Gasteiger partial charge on any atom is 0.262 e. The molecule has 2 N–H and O–H groups in total. The lowest BCUT2D eigenvalue weighted by Gasteiger charge is -2.13. The number of hydrogen-bond donors (Lipinski definition) is 2. The molecule has 12 heteroatoms. The number of likely N-dealkylation sites (N-methyl/N-ethyl adjacent to an activating group) is 1. The third-order valence-electron chi connectivity index (χ3n) is 6.50. The summed E-state index contributed by atoms with van der Waals surface area (Å²) in [5.41, 5.74) is 0.351. The van der Waals surface area contributed by atoms with Crippen molar-refractivity contribution in [2.75, 3.05) is 26.6 Å². The van der Waals surface area contributed by atoms with Gasteiger partial charge in [-0.3, -0.25) is 19.4 Å². The summed E-state index contributed by atoms with van der Waals surface area (Å²) in [6.45, 7) is -0.141. The Kier molecular flexibility index (Phi) is 8.28. The standard InChI is InChI=1S/C31H26FN5O6/c1-33-29(38)17-37-15-22(18-4-6-19(32)7-5-18)30(39)23(16-37)31(40)36-28-9-8-20(14-35-28)43-25-10-11-34-24-13-27(42-3)26(41-2)12-21(24)25/h4-16H,17H2,1-3H3,(H,33,38)(H,35,36,40). The summed E-state index contributed by atoms with van der Waals surface area (Å²) >= 11 is 0. The highest BCUT2D eigenvalue weighted by Gasteiger charge is 2.18. The zero-order valence-corrected chi connectivity index (χ0v) is 23.4. The average Bonchev–Trinajstić information content (AvgIpc) is 3.02. The van der Waals surface area contributed by atoms with Gasteiger partial charge in [-0.15, -0.1) is 0 Å². The zero-order chi connectivity index (χ0) is 30.5. The number of hydrogen-bond acceptors (Lipinski definition) is 8. The Hall–Kier alpha value is -5.78. The highest BCUT2D eigenvalue weighted by Crippen LogP contribution is 2.36. The molecule has 0 aliphatic carbocycles. The Balaban J connectivity index is 1.40. The molecule has 5 rings (SSSR count). The minimum Gasteiger partial charge on any atom is -0.493 e. The number of fused-ring (bicyclic) bond motifs is 1. The average molecular weight is 584 g/mol. The normalized spacial score (nSPS) is 10.7. The summed E-state index contributed by atoms with van der Waals surface area (Å²) in [7, 11) is 4.55. The van der Waals surface area contributed by atoms with E-state index in [4.69, 9.17) is 14.2 Å². The van der Waals surface area contributed by atoms with Crippen molar-refractivity contribution in [3.63, 3.8) is 0 Å². The topological polar surface area (TPSA) is 134 Å². The van der Waals surface area contributed by atoms with Gasteiger partial charge in [0.1, 0.15) is 35.2 Å². The van der Waals surface area contributed by atoms with Gasteiger partial charge in [0.25, 0.3) is 5.91 Å². The second kappa shape index (κ2) is 12.4. The Morgan fingerprint density at radius 1 is 0.930 bits per heavy atom. The van der Waals surface area contributed by atoms with Crippen molar-refractivity contribution in [2.24, 2.45) is 0 Å². The molecule has 3 heterocycles. The summed E-state index contributed by atoms with van der Waals surface area (Å²) in [6, 6.07) is 13.6. The van der Waals surface area contributed by atoms with Crippen LogP contribution in [0.2, 0.25) is 0 Å². The molecular weight excluding hydrogens is 557 g/mol. The van der Waals surface area contributed by atoms with E-state index in [0.29, 0.717) is 39.5 Å². The number of nitrogens with zero attached hydrogens (tertiary/aromatic N) is 3. The summed E-state index contributed by atoms with van der Waals surface area (Å²) in [4.78, 5) is 47.2. The first-order valence-electron chi connectivity index (χ1n) is 13.0. The first-order chi connectivity index (χ1) is 20.8. The summed E-state index contributed by atoms with van der Waals surface area (Å²) in [6.07, 6.45) is 5.75. The summed E-state index contributed by atoms with van der Waals surface area (Å²) in [5.74, 6) is 0.544. The van der Waals surface area contributed by atoms with E-state index in [1.54, 1.807) is 37.6 Å². The first kappa shape index (κ1) is 28.7. The highest BCUT2D eigenvalue weighted by atomic mass is 19.1. The first-order valence-corrected chi connectivity index (χ1v) is 13.0. The van der Waals surface area contributed by atoms with Crippen LogP contribution < -0.4 is 30.3 Å². The fourth-order valence-electron chi connectivity index (χ4n) is 4.33. The lowest BCUT2D eigenvalue weighted by molar-refractivity contribution is -0.121. The fraction of sp³-hybridized carbons (Fsp3) is 0.129. The van der Waals surface area contributed by atoms with Crippen molar-refractivity contribution in [3.8, 4) is 34.1 Å². The maximum atomic E-state index is 13.5. The van der Waals surface area contributed by atoms with Gasteiger partial charge in [0.2, 0.25) is 11.3 Å². The van der Waals surface area contributed by atoms with Crippen molar-refractivity contribution < 1.29 is 28.2 Å². The summed E-state index contributed by atoms with van der Waals surface area (Å²) in [5, 5.41) is 5.80. The van der Waals surface area contributed by atoms with E-state index in [-0.39, 0.29) is 29.4 Å². The Labute approximate surface area is 244 Å². The number of amides is 2. The van der Waals surface area contributed by atoms with Crippen LogP contribution in [0.1, 0.15) is 10.4 Å². The number of pyridine rings is 3. The van der Waals surface area contributed by atoms with Gasteiger partial charge < -0.3 is 29.4 Å². The van der Waals surface area contributed by atoms with Crippen LogP contribution in [-0.4, -0.2) is 47.6 Å². The van der Waals surface area contributed by atoms with Crippen LogP contribution in [0.4, 0.5) is 10.2 Å². The molecule has 0 aliphatic heterocycles. The molecule has 0 radical (unpaired) electrons. The van der Waals surface area contributed by atoms with Gasteiger partial charge in [0, 0.05) is 42.7 Å². The van der Waals surface area contributed by atoms with Gasteiger partial charge in [-0.25, -0.2) is 9.37 Å². The molecule has 0 saturated heterocycles. The molecule has 0 saturated carbocycles. The quantitative estimate of drug-likeness (QED) is 0.261. The SMILES string of the molecule is CNC(=O)Cn1cc(C(=O)Nc2ccc(Oc3ccnc4cc(OC)c(OC)cc34)cn2)c(=O)c(-c2ccc(F)cc2)c1. The molecule has 2 aromatic carbocycles. The fourth-order valence-corrected chi connectivity index (χ4v) is 4.33. The number of methoxy groups -OCH3 is 2. The molecule has 0 bridgehead atoms. The third kappa shape index (κ3) is 6.27. The number of rotatable bonds is 9. The molecule has 218 valence electrons. The van der Waals surface area contributed by atoms with Crippen molar-refractivity contribution in [1.82, 2.24) is 19.9 Å². The zero-order valence-electron chi connectivity index (χ0n) is 23.4. The van der Waals surface area contributed by atoms with E-state index in [9.17, 15) is 18.8 Å². The van der Waals surface area contributed by atoms with Crippen LogP contribution >= 0.6 is 0 Å². The predicted octanol–water partition coefficient (Wildman–Crippen LogP) is 4.41. The van der Waals surface area contributed by atoms with Crippen LogP contribution in [0.5, 0.6) is 23.0 Å². The predicted molar refractivity (Wildman–Crippen MR) is 157 cm³/mol. The molecule has 0 spiro atoms. The number of carbonyl (C=O) groups excluding carboxylic acids is 2. The maximum absolute atomic E-state index is 13.5. The molecule has 0 unspecified atom stereocenters. The van der Waals surface area contributed by atoms with E-state index in [1.807, 2.05) is 0 Å². The Morgan fingerprint density at radius 3 is 2.35 bits per heavy atom. The van der Waals surface area contributed by atoms with Crippen LogP contribution in [-0.2, 0) is 11.3 Å². The lowest BCUT2D eigenvalue weighted by atomic mass is 10.0. The van der Waals surface area contributed by atoms with Crippen LogP contribution in [0, 0.1) is 5.82 Å². The van der Waals surface area contributed by atoms with Gasteiger partial charge in [-0.2, -0.15) is 0 Å². The van der Waals surface area contributed by atoms with E-state index in [0.717, 1.165) is 0 Å². The summed E-state index contributed by atoms with van der Waals surface area (Å²) < 4.78 is 31.7. The van der Waals surface area contributed by atoms with Gasteiger partial charge in [0.05, 0.1) is 25.9 Å². The number of carbonyl (C=O) groups is 2. The second-order valence-corrected chi connectivity index (χ2v) is 9.24. The van der Waals surface area contributed by atoms with Gasteiger partial charge in [-0.1, -0.05) is 12.1 Å². The molecule has 43 heavy (non-hydrogen) atoms.